The first-order valence-electron chi connectivity index (χ1n) is 4.97. The summed E-state index contributed by atoms with van der Waals surface area (Å²) < 4.78 is 38.2. The number of hydrogen-bond acceptors (Lipinski definition) is 3. The highest BCUT2D eigenvalue weighted by atomic mass is 19.4. The van der Waals surface area contributed by atoms with Crippen LogP contribution in [0.25, 0.3) is 5.82 Å². The Bertz CT molecular complexity index is 595. The van der Waals surface area contributed by atoms with E-state index >= 15 is 0 Å². The molecule has 0 atom stereocenters. The molecule has 0 aliphatic rings. The molecule has 7 heteroatoms. The molecule has 0 bridgehead atoms. The lowest BCUT2D eigenvalue weighted by molar-refractivity contribution is -0.141. The van der Waals surface area contributed by atoms with Gasteiger partial charge in [0, 0.05) is 6.20 Å². The normalized spacial score (nSPS) is 11.2. The first-order valence-corrected chi connectivity index (χ1v) is 4.97. The Morgan fingerprint density at radius 1 is 1.28 bits per heavy atom. The standard InChI is InChI=1S/C11H7F3N4/c12-11(13,14)9-5-7-18(17-9)10-3-1-2-8(16-10)4-6-15/h1-3,5,7H,4H2. The molecule has 0 saturated heterocycles. The van der Waals surface area contributed by atoms with E-state index in [0.29, 0.717) is 5.69 Å². The van der Waals surface area contributed by atoms with Gasteiger partial charge in [-0.25, -0.2) is 9.67 Å². The van der Waals surface area contributed by atoms with Crippen molar-refractivity contribution in [3.63, 3.8) is 0 Å². The van der Waals surface area contributed by atoms with Gasteiger partial charge < -0.3 is 0 Å². The van der Waals surface area contributed by atoms with E-state index in [1.807, 2.05) is 6.07 Å². The monoisotopic (exact) mass is 252 g/mol. The van der Waals surface area contributed by atoms with Crippen LogP contribution in [0.15, 0.2) is 30.5 Å². The molecule has 0 radical (unpaired) electrons. The third kappa shape index (κ3) is 2.48. The summed E-state index contributed by atoms with van der Waals surface area (Å²) in [5.41, 5.74) is -0.492. The maximum Gasteiger partial charge on any atom is 0.435 e. The largest absolute Gasteiger partial charge is 0.435 e. The summed E-state index contributed by atoms with van der Waals surface area (Å²) in [4.78, 5) is 4.04. The predicted octanol–water partition coefficient (Wildman–Crippen LogP) is 2.35. The van der Waals surface area contributed by atoms with Gasteiger partial charge in [-0.2, -0.15) is 23.5 Å². The van der Waals surface area contributed by atoms with Gasteiger partial charge in [-0.1, -0.05) is 6.07 Å². The van der Waals surface area contributed by atoms with Crippen LogP contribution in [-0.4, -0.2) is 14.8 Å². The molecule has 0 aliphatic carbocycles. The molecular formula is C11H7F3N4. The third-order valence-electron chi connectivity index (χ3n) is 2.17. The van der Waals surface area contributed by atoms with E-state index in [9.17, 15) is 13.2 Å². The summed E-state index contributed by atoms with van der Waals surface area (Å²) in [5.74, 6) is 0.248. The van der Waals surface area contributed by atoms with Gasteiger partial charge in [0.25, 0.3) is 0 Å². The zero-order valence-electron chi connectivity index (χ0n) is 9.02. The maximum atomic E-state index is 12.4. The van der Waals surface area contributed by atoms with E-state index in [4.69, 9.17) is 5.26 Å². The van der Waals surface area contributed by atoms with E-state index in [-0.39, 0.29) is 12.2 Å². The van der Waals surface area contributed by atoms with Gasteiger partial charge in [-0.3, -0.25) is 0 Å². The summed E-state index contributed by atoms with van der Waals surface area (Å²) >= 11 is 0. The molecule has 18 heavy (non-hydrogen) atoms. The van der Waals surface area contributed by atoms with Crippen LogP contribution in [0.1, 0.15) is 11.4 Å². The average Bonchev–Trinajstić information content (AvgIpc) is 2.78. The van der Waals surface area contributed by atoms with Crippen molar-refractivity contribution in [2.75, 3.05) is 0 Å². The van der Waals surface area contributed by atoms with Crippen molar-refractivity contribution >= 4 is 0 Å². The second-order valence-electron chi connectivity index (χ2n) is 3.47. The van der Waals surface area contributed by atoms with Crippen molar-refractivity contribution in [2.24, 2.45) is 0 Å². The molecule has 4 nitrogen and oxygen atoms in total. The predicted molar refractivity (Wildman–Crippen MR) is 55.7 cm³/mol. The summed E-state index contributed by atoms with van der Waals surface area (Å²) in [6, 6.07) is 7.56. The number of halogens is 3. The molecule has 2 heterocycles. The van der Waals surface area contributed by atoms with Crippen molar-refractivity contribution < 1.29 is 13.2 Å². The summed E-state index contributed by atoms with van der Waals surface area (Å²) in [6.45, 7) is 0. The minimum Gasteiger partial charge on any atom is -0.233 e. The second-order valence-corrected chi connectivity index (χ2v) is 3.47. The molecule has 0 aromatic carbocycles. The SMILES string of the molecule is N#CCc1cccc(-n2ccc(C(F)(F)F)n2)n1. The van der Waals surface area contributed by atoms with Crippen LogP contribution in [0.2, 0.25) is 0 Å². The zero-order chi connectivity index (χ0) is 13.2. The van der Waals surface area contributed by atoms with Gasteiger partial charge >= 0.3 is 6.18 Å². The molecule has 92 valence electrons. The summed E-state index contributed by atoms with van der Waals surface area (Å²) in [5, 5.41) is 11.9. The van der Waals surface area contributed by atoms with Gasteiger partial charge in [0.1, 0.15) is 0 Å². The Balaban J connectivity index is 2.35. The molecule has 0 aliphatic heterocycles. The van der Waals surface area contributed by atoms with Crippen molar-refractivity contribution in [1.82, 2.24) is 14.8 Å². The molecule has 2 rings (SSSR count). The topological polar surface area (TPSA) is 54.5 Å². The highest BCUT2D eigenvalue weighted by molar-refractivity contribution is 5.25. The van der Waals surface area contributed by atoms with Crippen LogP contribution in [0.4, 0.5) is 13.2 Å². The second kappa shape index (κ2) is 4.49. The van der Waals surface area contributed by atoms with Crippen LogP contribution in [0, 0.1) is 11.3 Å². The Hall–Kier alpha value is -2.36. The number of nitriles is 1. The Morgan fingerprint density at radius 2 is 2.06 bits per heavy atom. The van der Waals surface area contributed by atoms with Crippen LogP contribution in [-0.2, 0) is 12.6 Å². The van der Waals surface area contributed by atoms with E-state index in [1.54, 1.807) is 12.1 Å². The number of pyridine rings is 1. The first kappa shape index (κ1) is 12.1. The van der Waals surface area contributed by atoms with Gasteiger partial charge in [0.05, 0.1) is 18.2 Å². The lowest BCUT2D eigenvalue weighted by atomic mass is 10.3. The van der Waals surface area contributed by atoms with Crippen LogP contribution < -0.4 is 0 Å². The minimum absolute atomic E-state index is 0.0984. The van der Waals surface area contributed by atoms with Crippen LogP contribution in [0.5, 0.6) is 0 Å². The summed E-state index contributed by atoms with van der Waals surface area (Å²) in [6.07, 6.45) is -3.20. The lowest BCUT2D eigenvalue weighted by Crippen LogP contribution is -2.08. The molecule has 0 fully saturated rings. The van der Waals surface area contributed by atoms with Gasteiger partial charge in [-0.05, 0) is 18.2 Å². The number of nitrogens with zero attached hydrogens (tertiary/aromatic N) is 4. The highest BCUT2D eigenvalue weighted by Crippen LogP contribution is 2.27. The minimum atomic E-state index is -4.48. The Morgan fingerprint density at radius 3 is 2.67 bits per heavy atom. The molecule has 0 spiro atoms. The first-order chi connectivity index (χ1) is 8.50. The number of hydrogen-bond donors (Lipinski definition) is 0. The van der Waals surface area contributed by atoms with Crippen molar-refractivity contribution in [1.29, 1.82) is 5.26 Å². The smallest absolute Gasteiger partial charge is 0.233 e. The highest BCUT2D eigenvalue weighted by Gasteiger charge is 2.33. The lowest BCUT2D eigenvalue weighted by Gasteiger charge is -2.03. The van der Waals surface area contributed by atoms with Crippen LogP contribution >= 0.6 is 0 Å². The fourth-order valence-electron chi connectivity index (χ4n) is 1.38. The van der Waals surface area contributed by atoms with Crippen molar-refractivity contribution in [2.45, 2.75) is 12.6 Å². The number of aromatic nitrogens is 3. The van der Waals surface area contributed by atoms with Gasteiger partial charge in [0.15, 0.2) is 11.5 Å². The van der Waals surface area contributed by atoms with E-state index < -0.39 is 11.9 Å². The fraction of sp³-hybridized carbons (Fsp3) is 0.182. The number of rotatable bonds is 2. The van der Waals surface area contributed by atoms with Gasteiger partial charge in [0.2, 0.25) is 0 Å². The molecule has 2 aromatic rings. The maximum absolute atomic E-state index is 12.4. The molecular weight excluding hydrogens is 245 g/mol. The van der Waals surface area contributed by atoms with E-state index in [2.05, 4.69) is 10.1 Å². The average molecular weight is 252 g/mol. The van der Waals surface area contributed by atoms with Gasteiger partial charge in [-0.15, -0.1) is 0 Å². The van der Waals surface area contributed by atoms with Crippen molar-refractivity contribution in [3.05, 3.63) is 41.9 Å². The third-order valence-corrected chi connectivity index (χ3v) is 2.17. The quantitative estimate of drug-likeness (QED) is 0.824. The molecule has 0 N–H and O–H groups in total. The molecule has 0 unspecified atom stereocenters. The molecule has 0 amide bonds. The van der Waals surface area contributed by atoms with E-state index in [1.165, 1.54) is 12.3 Å². The molecule has 2 aromatic heterocycles. The zero-order valence-corrected chi connectivity index (χ0v) is 9.02. The van der Waals surface area contributed by atoms with Crippen LogP contribution in [0.3, 0.4) is 0 Å². The van der Waals surface area contributed by atoms with Crippen molar-refractivity contribution in [3.8, 4) is 11.9 Å². The fourth-order valence-corrected chi connectivity index (χ4v) is 1.38. The van der Waals surface area contributed by atoms with E-state index in [0.717, 1.165) is 10.7 Å². The number of alkyl halides is 3. The Labute approximate surface area is 100 Å². The molecule has 0 saturated carbocycles. The summed E-state index contributed by atoms with van der Waals surface area (Å²) in [7, 11) is 0. The Kier molecular flexibility index (Phi) is 3.02.